The third-order valence-corrected chi connectivity index (χ3v) is 20.8. The Balaban J connectivity index is 1.46. The molecular formula is C53H62N5O25S7+. The zero-order chi connectivity index (χ0) is 67.1. The zero-order valence-corrected chi connectivity index (χ0v) is 53.5. The van der Waals surface area contributed by atoms with Gasteiger partial charge in [0.25, 0.3) is 82.6 Å². The van der Waals surface area contributed by atoms with Gasteiger partial charge in [-0.15, -0.1) is 0 Å². The summed E-state index contributed by atoms with van der Waals surface area (Å²) >= 11 is 0. The van der Waals surface area contributed by atoms with Crippen molar-refractivity contribution >= 4 is 127 Å². The van der Waals surface area contributed by atoms with Crippen LogP contribution in [0.4, 0.5) is 11.4 Å². The van der Waals surface area contributed by atoms with Crippen molar-refractivity contribution in [2.75, 3.05) is 54.1 Å². The Labute approximate surface area is 518 Å². The van der Waals surface area contributed by atoms with Crippen LogP contribution in [0, 0.1) is 0 Å². The number of allylic oxidation sites excluding steroid dienone is 4. The maximum atomic E-state index is 13.6. The molecule has 0 saturated heterocycles. The van der Waals surface area contributed by atoms with Gasteiger partial charge in [-0.25, -0.2) is 4.98 Å². The molecule has 2 aliphatic heterocycles. The molecular weight excluding hydrogens is 1330 g/mol. The highest BCUT2D eigenvalue weighted by Crippen LogP contribution is 2.53. The second kappa shape index (κ2) is 26.1. The van der Waals surface area contributed by atoms with Crippen LogP contribution in [-0.4, -0.2) is 178 Å². The van der Waals surface area contributed by atoms with E-state index >= 15 is 0 Å². The molecule has 3 heterocycles. The van der Waals surface area contributed by atoms with E-state index in [0.29, 0.717) is 23.7 Å². The van der Waals surface area contributed by atoms with E-state index < -0.39 is 162 Å². The number of nitrogens with one attached hydrogen (secondary N) is 2. The molecule has 2 amide bonds. The molecule has 4 aromatic carbocycles. The first-order valence-corrected chi connectivity index (χ1v) is 37.6. The van der Waals surface area contributed by atoms with Crippen LogP contribution in [0.1, 0.15) is 97.8 Å². The maximum absolute atomic E-state index is 13.6. The van der Waals surface area contributed by atoms with Crippen molar-refractivity contribution < 1.29 is 115 Å². The molecule has 0 spiro atoms. The fraction of sp³-hybridized carbons (Fsp3) is 0.377. The van der Waals surface area contributed by atoms with Crippen LogP contribution in [0.2, 0.25) is 0 Å². The average Bonchev–Trinajstić information content (AvgIpc) is 1.52. The van der Waals surface area contributed by atoms with Crippen LogP contribution in [0.25, 0.3) is 32.7 Å². The third kappa shape index (κ3) is 16.9. The predicted molar refractivity (Wildman–Crippen MR) is 326 cm³/mol. The Morgan fingerprint density at radius 1 is 0.567 bits per heavy atom. The molecule has 1 atom stereocenters. The summed E-state index contributed by atoms with van der Waals surface area (Å²) in [6.45, 7) is 3.61. The summed E-state index contributed by atoms with van der Waals surface area (Å²) in [7, 11) is -34.1. The van der Waals surface area contributed by atoms with E-state index in [0.717, 1.165) is 18.2 Å². The molecule has 7 rings (SSSR count). The molecule has 0 saturated carbocycles. The Morgan fingerprint density at radius 3 is 1.64 bits per heavy atom. The summed E-state index contributed by atoms with van der Waals surface area (Å²) in [5.41, 5.74) is -2.28. The maximum Gasteiger partial charge on any atom is 0.303 e. The summed E-state index contributed by atoms with van der Waals surface area (Å²) in [5, 5.41) is 13.5. The van der Waals surface area contributed by atoms with Gasteiger partial charge in [-0.1, -0.05) is 38.5 Å². The number of carbonyl (C=O) groups excluding carboxylic acids is 2. The number of carbonyl (C=O) groups is 3. The van der Waals surface area contributed by atoms with Crippen LogP contribution in [0.5, 0.6) is 0 Å². The van der Waals surface area contributed by atoms with E-state index in [1.54, 1.807) is 31.7 Å². The fourth-order valence-electron chi connectivity index (χ4n) is 11.3. The monoisotopic (exact) mass is 1390 g/mol. The number of rotatable bonds is 28. The van der Waals surface area contributed by atoms with Crippen LogP contribution < -0.4 is 15.5 Å². The van der Waals surface area contributed by atoms with Crippen molar-refractivity contribution in [3.05, 3.63) is 107 Å². The Hall–Kier alpha value is -6.72. The number of hydrogen-bond donors (Lipinski definition) is 10. The highest BCUT2D eigenvalue weighted by Gasteiger charge is 2.50. The summed E-state index contributed by atoms with van der Waals surface area (Å²) < 4.78 is 244. The lowest BCUT2D eigenvalue weighted by Gasteiger charge is -2.27. The number of hydrogen-bond acceptors (Lipinski definition) is 19. The number of anilines is 1. The van der Waals surface area contributed by atoms with Crippen molar-refractivity contribution in [3.8, 4) is 11.1 Å². The SMILES string of the molecule is CC1(CCCS(=O)(=O)O)C(/C=C/C=C2/N(CCCCCC(=O)O)c3cc(S(=O)(=O)O)c4cc(-c5cc(C(=O)NCCS(=O)(=O)O)nc(C(=O)NCCS(=O)(=O)O)c5)ccc4c3C2(C)C)=[N+](CCCS(=O)(=O)O)c2ccc3c(S(=O)(=O)O)cc(S(=O)(=O)O)cc3c21. The molecule has 1 aromatic heterocycles. The summed E-state index contributed by atoms with van der Waals surface area (Å²) in [6, 6.07) is 11.7. The van der Waals surface area contributed by atoms with E-state index in [1.165, 1.54) is 53.1 Å². The topological polar surface area (TPSA) is 495 Å². The molecule has 0 radical (unpaired) electrons. The van der Waals surface area contributed by atoms with E-state index in [9.17, 15) is 110 Å². The molecule has 0 aliphatic carbocycles. The number of unbranched alkanes of at least 4 members (excludes halogenated alkanes) is 2. The lowest BCUT2D eigenvalue weighted by Crippen LogP contribution is -2.32. The third-order valence-electron chi connectivity index (χ3n) is 15.1. The first kappa shape index (κ1) is 70.7. The molecule has 1 unspecified atom stereocenters. The minimum atomic E-state index is -5.27. The van der Waals surface area contributed by atoms with Gasteiger partial charge in [-0.05, 0) is 109 Å². The predicted octanol–water partition coefficient (Wildman–Crippen LogP) is 4.22. The quantitative estimate of drug-likeness (QED) is 0.0190. The molecule has 10 N–H and O–H groups in total. The second-order valence-corrected chi connectivity index (χ2v) is 32.4. The Morgan fingerprint density at radius 2 is 1.11 bits per heavy atom. The molecule has 0 fully saturated rings. The molecule has 0 bridgehead atoms. The summed E-state index contributed by atoms with van der Waals surface area (Å²) in [4.78, 5) is 41.5. The van der Waals surface area contributed by atoms with Crippen molar-refractivity contribution in [1.82, 2.24) is 15.6 Å². The van der Waals surface area contributed by atoms with E-state index in [1.807, 2.05) is 0 Å². The molecule has 2 aliphatic rings. The number of aliphatic carboxylic acids is 1. The normalized spacial score (nSPS) is 17.0. The number of aromatic nitrogens is 1. The smallest absolute Gasteiger partial charge is 0.303 e. The van der Waals surface area contributed by atoms with Gasteiger partial charge in [-0.3, -0.25) is 46.3 Å². The van der Waals surface area contributed by atoms with Gasteiger partial charge in [0, 0.05) is 77.8 Å². The summed E-state index contributed by atoms with van der Waals surface area (Å²) in [5.74, 6) is -6.69. The van der Waals surface area contributed by atoms with Gasteiger partial charge in [0.05, 0.1) is 33.3 Å². The van der Waals surface area contributed by atoms with Crippen molar-refractivity contribution in [2.24, 2.45) is 0 Å². The highest BCUT2D eigenvalue weighted by molar-refractivity contribution is 7.87. The molecule has 5 aromatic rings. The number of carboxylic acid groups (broad SMARTS) is 1. The largest absolute Gasteiger partial charge is 0.481 e. The first-order chi connectivity index (χ1) is 41.3. The summed E-state index contributed by atoms with van der Waals surface area (Å²) in [6.07, 6.45) is 4.39. The van der Waals surface area contributed by atoms with Gasteiger partial charge in [0.15, 0.2) is 5.71 Å². The minimum Gasteiger partial charge on any atom is -0.481 e. The van der Waals surface area contributed by atoms with Crippen LogP contribution in [-0.2, 0) is 86.5 Å². The van der Waals surface area contributed by atoms with Gasteiger partial charge in [0.1, 0.15) is 27.7 Å². The number of fused-ring (bicyclic) bond motifs is 6. The average molecular weight is 1390 g/mol. The molecule has 30 nitrogen and oxygen atoms in total. The van der Waals surface area contributed by atoms with Gasteiger partial charge >= 0.3 is 5.97 Å². The highest BCUT2D eigenvalue weighted by atomic mass is 32.2. The van der Waals surface area contributed by atoms with Crippen molar-refractivity contribution in [1.29, 1.82) is 0 Å². The van der Waals surface area contributed by atoms with Crippen molar-refractivity contribution in [2.45, 2.75) is 91.2 Å². The van der Waals surface area contributed by atoms with E-state index in [-0.39, 0.29) is 107 Å². The van der Waals surface area contributed by atoms with Crippen LogP contribution in [0.3, 0.4) is 0 Å². The zero-order valence-electron chi connectivity index (χ0n) is 47.8. The number of benzene rings is 4. The standard InChI is InChI=1S/C53H61N5O25S7/c1-52(2)45(10-7-11-46-53(3,17-8-22-84(63,64)65)49-38-29-34(88(75,76)77)30-43(89(78,79)80)35(38)15-16-41(49)57(46)21-9-23-85(66,67)68)58(20-6-4-5-12-47(59)60)42-31-44(90(81,82)83)37-26-32(13-14-36(37)48(42)52)33-27-39(50(61)54-18-24-86(69,70)71)56-40(28-33)51(62)55-19-25-87(72,73)74/h7,10-11,13-16,26-31H,4-6,8-9,12,17-25H2,1-3H3,(H9-,54,55,59,60,61,62,63,64,65,66,67,68,69,70,71,72,73,74,75,76,77,78,79,80,81,82,83)/p+1. The van der Waals surface area contributed by atoms with Crippen molar-refractivity contribution in [3.63, 3.8) is 0 Å². The number of pyridine rings is 1. The second-order valence-electron chi connectivity index (χ2n) is 21.9. The number of amides is 2. The van der Waals surface area contributed by atoms with Gasteiger partial charge in [-0.2, -0.15) is 63.5 Å². The molecule has 490 valence electrons. The number of nitrogens with zero attached hydrogens (tertiary/aromatic N) is 3. The Kier molecular flexibility index (Phi) is 20.5. The fourth-order valence-corrected chi connectivity index (χ4v) is 15.1. The first-order valence-electron chi connectivity index (χ1n) is 26.9. The minimum absolute atomic E-state index is 0.0177. The number of carboxylic acids is 1. The van der Waals surface area contributed by atoms with Gasteiger partial charge < -0.3 is 20.6 Å². The van der Waals surface area contributed by atoms with Gasteiger partial charge in [0.2, 0.25) is 5.69 Å². The molecule has 90 heavy (non-hydrogen) atoms. The van der Waals surface area contributed by atoms with Crippen LogP contribution in [0.15, 0.2) is 99.3 Å². The lowest BCUT2D eigenvalue weighted by molar-refractivity contribution is -0.437. The lowest BCUT2D eigenvalue weighted by atomic mass is 9.74. The van der Waals surface area contributed by atoms with Crippen LogP contribution >= 0.6 is 0 Å². The van der Waals surface area contributed by atoms with E-state index in [4.69, 9.17) is 0 Å². The van der Waals surface area contributed by atoms with E-state index in [2.05, 4.69) is 15.6 Å². The Bertz CT molecular complexity index is 4670. The molecule has 37 heteroatoms.